The Labute approximate surface area is 49.5 Å². The van der Waals surface area contributed by atoms with Crippen LogP contribution in [0.2, 0.25) is 0 Å². The number of hydrogen-bond donors (Lipinski definition) is 1. The molecule has 1 nitrogen and oxygen atoms in total. The van der Waals surface area contributed by atoms with E-state index < -0.39 is 5.67 Å². The zero-order valence-electron chi connectivity index (χ0n) is 5.61. The van der Waals surface area contributed by atoms with Gasteiger partial charge in [0.2, 0.25) is 0 Å². The number of rotatable bonds is 2. The van der Waals surface area contributed by atoms with E-state index in [1.165, 1.54) is 6.92 Å². The Bertz CT molecular complexity index is 68.9. The summed E-state index contributed by atoms with van der Waals surface area (Å²) >= 11 is 0. The number of alkyl halides is 1. The largest absolute Gasteiger partial charge is 0.393 e. The zero-order valence-corrected chi connectivity index (χ0v) is 5.61. The highest BCUT2D eigenvalue weighted by Crippen LogP contribution is 2.19. The van der Waals surface area contributed by atoms with Gasteiger partial charge in [0.1, 0.15) is 5.67 Å². The van der Waals surface area contributed by atoms with E-state index in [4.69, 9.17) is 5.11 Å². The molecule has 2 heteroatoms. The third kappa shape index (κ3) is 1.78. The van der Waals surface area contributed by atoms with Crippen LogP contribution in [0.3, 0.4) is 0 Å². The summed E-state index contributed by atoms with van der Waals surface area (Å²) in [5.41, 5.74) is -1.40. The van der Waals surface area contributed by atoms with Gasteiger partial charge in [-0.1, -0.05) is 13.8 Å². The molecule has 0 aliphatic heterocycles. The van der Waals surface area contributed by atoms with Gasteiger partial charge in [0, 0.05) is 0 Å². The van der Waals surface area contributed by atoms with Crippen molar-refractivity contribution < 1.29 is 9.50 Å². The monoisotopic (exact) mass is 120 g/mol. The normalized spacial score (nSPS) is 18.8. The first-order chi connectivity index (χ1) is 3.50. The molecule has 0 bridgehead atoms. The minimum Gasteiger partial charge on any atom is -0.393 e. The van der Waals surface area contributed by atoms with Gasteiger partial charge < -0.3 is 5.11 Å². The molecular weight excluding hydrogens is 107 g/mol. The Morgan fingerprint density at radius 2 is 2.00 bits per heavy atom. The van der Waals surface area contributed by atoms with Gasteiger partial charge in [0.05, 0.1) is 6.61 Å². The minimum atomic E-state index is -1.40. The molecule has 0 aromatic carbocycles. The van der Waals surface area contributed by atoms with E-state index in [0.717, 1.165) is 0 Å². The van der Waals surface area contributed by atoms with Crippen LogP contribution in [0, 0.1) is 5.92 Å². The summed E-state index contributed by atoms with van der Waals surface area (Å²) in [7, 11) is 0. The molecule has 0 aromatic heterocycles. The van der Waals surface area contributed by atoms with Crippen molar-refractivity contribution in [3.63, 3.8) is 0 Å². The highest BCUT2D eigenvalue weighted by molar-refractivity contribution is 4.74. The zero-order chi connectivity index (χ0) is 6.78. The van der Waals surface area contributed by atoms with Crippen LogP contribution in [-0.2, 0) is 0 Å². The molecule has 50 valence electrons. The predicted molar refractivity (Wildman–Crippen MR) is 31.4 cm³/mol. The molecule has 8 heavy (non-hydrogen) atoms. The van der Waals surface area contributed by atoms with Crippen LogP contribution in [0.4, 0.5) is 4.39 Å². The average molecular weight is 120 g/mol. The van der Waals surface area contributed by atoms with Gasteiger partial charge in [-0.3, -0.25) is 0 Å². The van der Waals surface area contributed by atoms with Crippen molar-refractivity contribution in [1.82, 2.24) is 0 Å². The van der Waals surface area contributed by atoms with E-state index >= 15 is 0 Å². The standard InChI is InChI=1S/C6H13FO/c1-5(2)6(3,7)4-8/h5,8H,4H2,1-3H3. The molecule has 1 atom stereocenters. The molecule has 1 unspecified atom stereocenters. The van der Waals surface area contributed by atoms with Gasteiger partial charge in [-0.15, -0.1) is 0 Å². The molecular formula is C6H13FO. The van der Waals surface area contributed by atoms with Crippen LogP contribution in [0.1, 0.15) is 20.8 Å². The number of aliphatic hydroxyl groups is 1. The summed E-state index contributed by atoms with van der Waals surface area (Å²) in [5, 5.41) is 8.39. The van der Waals surface area contributed by atoms with Crippen molar-refractivity contribution in [3.8, 4) is 0 Å². The first kappa shape index (κ1) is 7.89. The summed E-state index contributed by atoms with van der Waals surface area (Å²) in [6, 6.07) is 0. The summed E-state index contributed by atoms with van der Waals surface area (Å²) in [6.45, 7) is 4.51. The minimum absolute atomic E-state index is 0.104. The van der Waals surface area contributed by atoms with Gasteiger partial charge in [0.25, 0.3) is 0 Å². The Balaban J connectivity index is 3.71. The van der Waals surface area contributed by atoms with Crippen molar-refractivity contribution >= 4 is 0 Å². The van der Waals surface area contributed by atoms with Gasteiger partial charge in [-0.2, -0.15) is 0 Å². The molecule has 0 spiro atoms. The number of hydrogen-bond acceptors (Lipinski definition) is 1. The maximum atomic E-state index is 12.7. The van der Waals surface area contributed by atoms with Crippen molar-refractivity contribution in [2.45, 2.75) is 26.4 Å². The summed E-state index contributed by atoms with van der Waals surface area (Å²) in [4.78, 5) is 0. The first-order valence-corrected chi connectivity index (χ1v) is 2.80. The lowest BCUT2D eigenvalue weighted by Crippen LogP contribution is -2.29. The molecule has 0 rings (SSSR count). The lowest BCUT2D eigenvalue weighted by molar-refractivity contribution is 0.0461. The fraction of sp³-hybridized carbons (Fsp3) is 1.00. The summed E-state index contributed by atoms with van der Waals surface area (Å²) in [5.74, 6) is -0.104. The van der Waals surface area contributed by atoms with Crippen LogP contribution in [0.5, 0.6) is 0 Å². The molecule has 0 saturated carbocycles. The number of aliphatic hydroxyl groups excluding tert-OH is 1. The second-order valence-corrected chi connectivity index (χ2v) is 2.59. The Hall–Kier alpha value is -0.110. The lowest BCUT2D eigenvalue weighted by Gasteiger charge is -2.20. The van der Waals surface area contributed by atoms with E-state index in [1.807, 2.05) is 0 Å². The molecule has 1 N–H and O–H groups in total. The first-order valence-electron chi connectivity index (χ1n) is 2.80. The quantitative estimate of drug-likeness (QED) is 0.583. The van der Waals surface area contributed by atoms with E-state index in [1.54, 1.807) is 13.8 Å². The molecule has 0 amide bonds. The maximum absolute atomic E-state index is 12.7. The maximum Gasteiger partial charge on any atom is 0.133 e. The van der Waals surface area contributed by atoms with Gasteiger partial charge in [-0.05, 0) is 12.8 Å². The van der Waals surface area contributed by atoms with E-state index in [9.17, 15) is 4.39 Å². The van der Waals surface area contributed by atoms with Crippen LogP contribution in [0.15, 0.2) is 0 Å². The molecule has 0 saturated heterocycles. The molecule has 0 aliphatic rings. The van der Waals surface area contributed by atoms with Gasteiger partial charge in [0.15, 0.2) is 0 Å². The van der Waals surface area contributed by atoms with Crippen LogP contribution in [0.25, 0.3) is 0 Å². The summed E-state index contributed by atoms with van der Waals surface area (Å²) < 4.78 is 12.7. The molecule has 0 radical (unpaired) electrons. The second-order valence-electron chi connectivity index (χ2n) is 2.59. The predicted octanol–water partition coefficient (Wildman–Crippen LogP) is 1.36. The van der Waals surface area contributed by atoms with Gasteiger partial charge in [-0.25, -0.2) is 4.39 Å². The lowest BCUT2D eigenvalue weighted by atomic mass is 9.96. The smallest absolute Gasteiger partial charge is 0.133 e. The topological polar surface area (TPSA) is 20.2 Å². The van der Waals surface area contributed by atoms with E-state index in [2.05, 4.69) is 0 Å². The SMILES string of the molecule is CC(C)C(C)(F)CO. The van der Waals surface area contributed by atoms with Crippen molar-refractivity contribution in [3.05, 3.63) is 0 Å². The van der Waals surface area contributed by atoms with Crippen molar-refractivity contribution in [1.29, 1.82) is 0 Å². The third-order valence-electron chi connectivity index (χ3n) is 1.51. The highest BCUT2D eigenvalue weighted by atomic mass is 19.1. The average Bonchev–Trinajstić information content (AvgIpc) is 1.67. The van der Waals surface area contributed by atoms with E-state index in [0.29, 0.717) is 0 Å². The Morgan fingerprint density at radius 3 is 2.00 bits per heavy atom. The summed E-state index contributed by atoms with van der Waals surface area (Å²) in [6.07, 6.45) is 0. The molecule has 0 fully saturated rings. The highest BCUT2D eigenvalue weighted by Gasteiger charge is 2.25. The Kier molecular flexibility index (Phi) is 2.41. The third-order valence-corrected chi connectivity index (χ3v) is 1.51. The molecule has 0 aromatic rings. The molecule has 0 heterocycles. The van der Waals surface area contributed by atoms with Crippen molar-refractivity contribution in [2.75, 3.05) is 6.61 Å². The fourth-order valence-corrected chi connectivity index (χ4v) is 0.183. The van der Waals surface area contributed by atoms with Crippen LogP contribution in [-0.4, -0.2) is 17.4 Å². The molecule has 0 aliphatic carbocycles. The Morgan fingerprint density at radius 1 is 1.62 bits per heavy atom. The fourth-order valence-electron chi connectivity index (χ4n) is 0.183. The van der Waals surface area contributed by atoms with E-state index in [-0.39, 0.29) is 12.5 Å². The van der Waals surface area contributed by atoms with Crippen LogP contribution < -0.4 is 0 Å². The second kappa shape index (κ2) is 2.44. The van der Waals surface area contributed by atoms with Gasteiger partial charge >= 0.3 is 0 Å². The number of halogens is 1. The van der Waals surface area contributed by atoms with Crippen molar-refractivity contribution in [2.24, 2.45) is 5.92 Å². The van der Waals surface area contributed by atoms with Crippen LogP contribution >= 0.6 is 0 Å².